The van der Waals surface area contributed by atoms with E-state index in [1.54, 1.807) is 0 Å². The molecule has 0 atom stereocenters. The number of carbonyl (C=O) groups excluding carboxylic acids is 1. The molecule has 0 aliphatic heterocycles. The van der Waals surface area contributed by atoms with Gasteiger partial charge in [0.2, 0.25) is 0 Å². The fraction of sp³-hybridized carbons (Fsp3) is 0.600. The van der Waals surface area contributed by atoms with Crippen LogP contribution in [0.3, 0.4) is 0 Å². The number of ether oxygens (including phenoxy) is 1. The summed E-state index contributed by atoms with van der Waals surface area (Å²) in [6.45, 7) is 9.23. The van der Waals surface area contributed by atoms with Gasteiger partial charge in [-0.05, 0) is 57.2 Å². The van der Waals surface area contributed by atoms with Crippen LogP contribution in [-0.2, 0) is 4.74 Å². The lowest BCUT2D eigenvalue weighted by molar-refractivity contribution is 0.0510. The first-order chi connectivity index (χ1) is 6.72. The highest BCUT2D eigenvalue weighted by Crippen LogP contribution is 2.17. The summed E-state index contributed by atoms with van der Waals surface area (Å²) in [5, 5.41) is 4.13. The van der Waals surface area contributed by atoms with Gasteiger partial charge in [0.15, 0.2) is 0 Å². The predicted octanol–water partition coefficient (Wildman–Crippen LogP) is 2.89. The van der Waals surface area contributed by atoms with E-state index in [1.165, 1.54) is 4.68 Å². The SMILES string of the molecule is Cc1nn(C(=O)OC(C)(C)C)c(C)c1I. The Hall–Kier alpha value is -0.590. The number of aromatic nitrogens is 2. The van der Waals surface area contributed by atoms with Crippen molar-refractivity contribution in [2.24, 2.45) is 0 Å². The summed E-state index contributed by atoms with van der Waals surface area (Å²) >= 11 is 2.17. The third-order valence-electron chi connectivity index (χ3n) is 1.77. The summed E-state index contributed by atoms with van der Waals surface area (Å²) in [5.74, 6) is 0. The zero-order valence-corrected chi connectivity index (χ0v) is 11.7. The van der Waals surface area contributed by atoms with E-state index in [-0.39, 0.29) is 0 Å². The average molecular weight is 322 g/mol. The van der Waals surface area contributed by atoms with Gasteiger partial charge in [-0.2, -0.15) is 9.78 Å². The number of rotatable bonds is 0. The van der Waals surface area contributed by atoms with Gasteiger partial charge in [0, 0.05) is 0 Å². The standard InChI is InChI=1S/C10H15IN2O2/c1-6-8(11)7(2)13(12-6)9(14)15-10(3,4)5/h1-5H3. The van der Waals surface area contributed by atoms with Gasteiger partial charge >= 0.3 is 6.09 Å². The maximum atomic E-state index is 11.7. The Morgan fingerprint density at radius 3 is 2.27 bits per heavy atom. The lowest BCUT2D eigenvalue weighted by Gasteiger charge is -2.19. The van der Waals surface area contributed by atoms with Gasteiger partial charge in [-0.1, -0.05) is 0 Å². The molecular weight excluding hydrogens is 307 g/mol. The second-order valence-electron chi connectivity index (χ2n) is 4.38. The van der Waals surface area contributed by atoms with Crippen molar-refractivity contribution in [3.63, 3.8) is 0 Å². The molecular formula is C10H15IN2O2. The lowest BCUT2D eigenvalue weighted by atomic mass is 10.2. The highest BCUT2D eigenvalue weighted by Gasteiger charge is 2.21. The fourth-order valence-corrected chi connectivity index (χ4v) is 1.44. The van der Waals surface area contributed by atoms with Crippen LogP contribution in [0.4, 0.5) is 4.79 Å². The zero-order valence-electron chi connectivity index (χ0n) is 9.59. The molecule has 0 saturated carbocycles. The molecule has 1 aromatic heterocycles. The summed E-state index contributed by atoms with van der Waals surface area (Å²) in [6, 6.07) is 0. The Morgan fingerprint density at radius 1 is 1.40 bits per heavy atom. The first-order valence-electron chi connectivity index (χ1n) is 4.67. The highest BCUT2D eigenvalue weighted by molar-refractivity contribution is 14.1. The van der Waals surface area contributed by atoms with Crippen LogP contribution in [0.5, 0.6) is 0 Å². The third kappa shape index (κ3) is 2.93. The van der Waals surface area contributed by atoms with Crippen molar-refractivity contribution < 1.29 is 9.53 Å². The largest absolute Gasteiger partial charge is 0.442 e. The van der Waals surface area contributed by atoms with Crippen molar-refractivity contribution >= 4 is 28.7 Å². The molecule has 15 heavy (non-hydrogen) atoms. The maximum Gasteiger partial charge on any atom is 0.435 e. The minimum atomic E-state index is -0.491. The Labute approximate surface area is 103 Å². The van der Waals surface area contributed by atoms with E-state index in [0.29, 0.717) is 0 Å². The van der Waals surface area contributed by atoms with Gasteiger partial charge in [-0.15, -0.1) is 0 Å². The number of aryl methyl sites for hydroxylation is 1. The van der Waals surface area contributed by atoms with Gasteiger partial charge in [0.05, 0.1) is 15.0 Å². The number of hydrogen-bond donors (Lipinski definition) is 0. The molecule has 0 N–H and O–H groups in total. The van der Waals surface area contributed by atoms with Crippen LogP contribution in [-0.4, -0.2) is 21.5 Å². The van der Waals surface area contributed by atoms with Crippen LogP contribution < -0.4 is 0 Å². The molecule has 4 nitrogen and oxygen atoms in total. The van der Waals surface area contributed by atoms with Crippen LogP contribution in [0.15, 0.2) is 0 Å². The minimum absolute atomic E-state index is 0.425. The molecule has 84 valence electrons. The normalized spacial score (nSPS) is 11.6. The van der Waals surface area contributed by atoms with Gasteiger partial charge in [-0.25, -0.2) is 4.79 Å². The molecule has 0 saturated heterocycles. The van der Waals surface area contributed by atoms with E-state index in [1.807, 2.05) is 34.6 Å². The van der Waals surface area contributed by atoms with Gasteiger partial charge < -0.3 is 4.74 Å². The highest BCUT2D eigenvalue weighted by atomic mass is 127. The predicted molar refractivity (Wildman–Crippen MR) is 66.1 cm³/mol. The summed E-state index contributed by atoms with van der Waals surface area (Å²) in [5.41, 5.74) is 1.18. The Morgan fingerprint density at radius 2 is 1.93 bits per heavy atom. The molecule has 0 aliphatic carbocycles. The molecule has 0 spiro atoms. The number of halogens is 1. The van der Waals surface area contributed by atoms with Crippen LogP contribution in [0.25, 0.3) is 0 Å². The van der Waals surface area contributed by atoms with Crippen molar-refractivity contribution in [1.82, 2.24) is 9.78 Å². The first-order valence-corrected chi connectivity index (χ1v) is 5.75. The minimum Gasteiger partial charge on any atom is -0.442 e. The van der Waals surface area contributed by atoms with Crippen LogP contribution in [0.2, 0.25) is 0 Å². The Bertz CT molecular complexity index is 391. The van der Waals surface area contributed by atoms with E-state index >= 15 is 0 Å². The Balaban J connectivity index is 2.98. The molecule has 0 radical (unpaired) electrons. The quantitative estimate of drug-likeness (QED) is 0.690. The first kappa shape index (κ1) is 12.5. The Kier molecular flexibility index (Phi) is 3.42. The molecule has 0 aliphatic rings. The molecule has 0 aromatic carbocycles. The number of nitrogens with zero attached hydrogens (tertiary/aromatic N) is 2. The van der Waals surface area contributed by atoms with Crippen LogP contribution in [0.1, 0.15) is 32.2 Å². The lowest BCUT2D eigenvalue weighted by Crippen LogP contribution is -2.28. The van der Waals surface area contributed by atoms with Crippen LogP contribution in [0, 0.1) is 17.4 Å². The second-order valence-corrected chi connectivity index (χ2v) is 5.46. The summed E-state index contributed by atoms with van der Waals surface area (Å²) < 4.78 is 7.54. The molecule has 0 unspecified atom stereocenters. The number of carbonyl (C=O) groups is 1. The van der Waals surface area contributed by atoms with Gasteiger partial charge in [-0.3, -0.25) is 0 Å². The topological polar surface area (TPSA) is 44.1 Å². The maximum absolute atomic E-state index is 11.7. The molecule has 0 bridgehead atoms. The number of hydrogen-bond acceptors (Lipinski definition) is 3. The van der Waals surface area contributed by atoms with E-state index in [0.717, 1.165) is 15.0 Å². The van der Waals surface area contributed by atoms with Crippen LogP contribution >= 0.6 is 22.6 Å². The van der Waals surface area contributed by atoms with Crippen molar-refractivity contribution in [3.05, 3.63) is 15.0 Å². The summed E-state index contributed by atoms with van der Waals surface area (Å²) in [6.07, 6.45) is -0.425. The molecule has 1 aromatic rings. The smallest absolute Gasteiger partial charge is 0.435 e. The van der Waals surface area contributed by atoms with Gasteiger partial charge in [0.1, 0.15) is 5.60 Å². The van der Waals surface area contributed by atoms with Crippen molar-refractivity contribution in [3.8, 4) is 0 Å². The van der Waals surface area contributed by atoms with Gasteiger partial charge in [0.25, 0.3) is 0 Å². The van der Waals surface area contributed by atoms with E-state index in [2.05, 4.69) is 27.7 Å². The third-order valence-corrected chi connectivity index (χ3v) is 3.33. The molecule has 5 heteroatoms. The summed E-state index contributed by atoms with van der Waals surface area (Å²) in [7, 11) is 0. The fourth-order valence-electron chi connectivity index (χ4n) is 1.11. The van der Waals surface area contributed by atoms with Crippen molar-refractivity contribution in [1.29, 1.82) is 0 Å². The summed E-state index contributed by atoms with van der Waals surface area (Å²) in [4.78, 5) is 11.7. The van der Waals surface area contributed by atoms with Crippen molar-refractivity contribution in [2.75, 3.05) is 0 Å². The molecule has 0 fully saturated rings. The monoisotopic (exact) mass is 322 g/mol. The second kappa shape index (κ2) is 4.11. The molecule has 1 rings (SSSR count). The van der Waals surface area contributed by atoms with E-state index in [9.17, 15) is 4.79 Å². The van der Waals surface area contributed by atoms with Crippen molar-refractivity contribution in [2.45, 2.75) is 40.2 Å². The average Bonchev–Trinajstić information content (AvgIpc) is 2.30. The van der Waals surface area contributed by atoms with E-state index in [4.69, 9.17) is 4.74 Å². The molecule has 0 amide bonds. The zero-order chi connectivity index (χ0) is 11.8. The van der Waals surface area contributed by atoms with E-state index < -0.39 is 11.7 Å². The molecule has 1 heterocycles.